The van der Waals surface area contributed by atoms with Gasteiger partial charge in [0.1, 0.15) is 5.82 Å². The number of aromatic amines is 1. The Morgan fingerprint density at radius 1 is 1.31 bits per heavy atom. The zero-order valence-electron chi connectivity index (χ0n) is 10.2. The van der Waals surface area contributed by atoms with E-state index in [0.29, 0.717) is 0 Å². The van der Waals surface area contributed by atoms with E-state index >= 15 is 0 Å². The molecular formula is C12H21N3S. The Morgan fingerprint density at radius 2 is 1.94 bits per heavy atom. The van der Waals surface area contributed by atoms with Crippen LogP contribution in [-0.2, 0) is 6.54 Å². The average molecular weight is 239 g/mol. The molecular weight excluding hydrogens is 218 g/mol. The average Bonchev–Trinajstić information content (AvgIpc) is 2.62. The molecule has 4 heteroatoms. The summed E-state index contributed by atoms with van der Waals surface area (Å²) in [6.45, 7) is 5.38. The lowest BCUT2D eigenvalue weighted by molar-refractivity contribution is 0.246. The van der Waals surface area contributed by atoms with Crippen LogP contribution in [0.1, 0.15) is 44.9 Å². The minimum atomic E-state index is 0.773. The number of hydrogen-bond acceptors (Lipinski definition) is 2. The summed E-state index contributed by atoms with van der Waals surface area (Å²) in [7, 11) is 0. The van der Waals surface area contributed by atoms with Gasteiger partial charge in [0.25, 0.3) is 0 Å². The molecule has 0 aromatic carbocycles. The van der Waals surface area contributed by atoms with Crippen molar-refractivity contribution in [1.29, 1.82) is 0 Å². The van der Waals surface area contributed by atoms with Crippen LogP contribution in [0.15, 0.2) is 0 Å². The van der Waals surface area contributed by atoms with Crippen molar-refractivity contribution in [1.82, 2.24) is 14.8 Å². The topological polar surface area (TPSA) is 33.6 Å². The zero-order valence-corrected chi connectivity index (χ0v) is 11.0. The fourth-order valence-corrected chi connectivity index (χ4v) is 2.94. The largest absolute Gasteiger partial charge is 0.304 e. The molecule has 2 rings (SSSR count). The molecule has 16 heavy (non-hydrogen) atoms. The Labute approximate surface area is 102 Å². The second-order valence-corrected chi connectivity index (χ2v) is 5.37. The molecule has 1 aliphatic carbocycles. The highest BCUT2D eigenvalue weighted by Crippen LogP contribution is 2.31. The van der Waals surface area contributed by atoms with E-state index in [4.69, 9.17) is 12.2 Å². The van der Waals surface area contributed by atoms with Gasteiger partial charge in [-0.3, -0.25) is 5.10 Å². The second kappa shape index (κ2) is 5.13. The van der Waals surface area contributed by atoms with Crippen LogP contribution < -0.4 is 0 Å². The third-order valence-corrected chi connectivity index (χ3v) is 4.25. The van der Waals surface area contributed by atoms with Crippen LogP contribution in [-0.4, -0.2) is 14.8 Å². The zero-order chi connectivity index (χ0) is 11.5. The van der Waals surface area contributed by atoms with Crippen LogP contribution in [0.5, 0.6) is 0 Å². The Kier molecular flexibility index (Phi) is 3.79. The summed E-state index contributed by atoms with van der Waals surface area (Å²) in [4.78, 5) is 0. The normalized spacial score (nSPS) is 25.9. The van der Waals surface area contributed by atoms with E-state index in [1.54, 1.807) is 0 Å². The van der Waals surface area contributed by atoms with E-state index < -0.39 is 0 Å². The number of nitrogens with zero attached hydrogens (tertiary/aromatic N) is 2. The van der Waals surface area contributed by atoms with Gasteiger partial charge in [-0.2, -0.15) is 5.10 Å². The highest BCUT2D eigenvalue weighted by atomic mass is 32.1. The number of nitrogens with one attached hydrogen (secondary N) is 1. The van der Waals surface area contributed by atoms with Crippen LogP contribution in [0.4, 0.5) is 0 Å². The molecule has 1 aromatic heterocycles. The molecule has 0 saturated heterocycles. The molecule has 90 valence electrons. The van der Waals surface area contributed by atoms with Gasteiger partial charge in [0.2, 0.25) is 0 Å². The molecule has 0 unspecified atom stereocenters. The summed E-state index contributed by atoms with van der Waals surface area (Å²) in [6, 6.07) is 0. The molecule has 0 bridgehead atoms. The SMILES string of the molecule is CCC1CCC(Cn2c(C)n[nH]c2=S)CC1. The maximum Gasteiger partial charge on any atom is 0.195 e. The first kappa shape index (κ1) is 11.8. The van der Waals surface area contributed by atoms with Crippen molar-refractivity contribution in [2.24, 2.45) is 11.8 Å². The molecule has 1 saturated carbocycles. The summed E-state index contributed by atoms with van der Waals surface area (Å²) in [6.07, 6.45) is 6.84. The van der Waals surface area contributed by atoms with Gasteiger partial charge >= 0.3 is 0 Å². The Morgan fingerprint density at radius 3 is 2.44 bits per heavy atom. The monoisotopic (exact) mass is 239 g/mol. The van der Waals surface area contributed by atoms with Crippen molar-refractivity contribution in [3.63, 3.8) is 0 Å². The highest BCUT2D eigenvalue weighted by molar-refractivity contribution is 7.71. The Bertz CT molecular complexity index is 385. The first-order chi connectivity index (χ1) is 7.70. The lowest BCUT2D eigenvalue weighted by Crippen LogP contribution is -2.19. The first-order valence-corrected chi connectivity index (χ1v) is 6.73. The van der Waals surface area contributed by atoms with E-state index in [2.05, 4.69) is 21.7 Å². The predicted octanol–water partition coefficient (Wildman–Crippen LogP) is 3.47. The standard InChI is InChI=1S/C12H21N3S/c1-3-10-4-6-11(7-5-10)8-15-9(2)13-14-12(15)16/h10-11H,3-8H2,1-2H3,(H,14,16). The highest BCUT2D eigenvalue weighted by Gasteiger charge is 2.20. The molecule has 0 aliphatic heterocycles. The van der Waals surface area contributed by atoms with Gasteiger partial charge < -0.3 is 4.57 Å². The van der Waals surface area contributed by atoms with Crippen molar-refractivity contribution in [3.8, 4) is 0 Å². The molecule has 0 radical (unpaired) electrons. The van der Waals surface area contributed by atoms with Crippen molar-refractivity contribution in [3.05, 3.63) is 10.6 Å². The number of aromatic nitrogens is 3. The molecule has 0 amide bonds. The van der Waals surface area contributed by atoms with Crippen molar-refractivity contribution in [2.45, 2.75) is 52.5 Å². The molecule has 1 N–H and O–H groups in total. The van der Waals surface area contributed by atoms with Crippen LogP contribution >= 0.6 is 12.2 Å². The lowest BCUT2D eigenvalue weighted by Gasteiger charge is -2.28. The number of aryl methyl sites for hydroxylation is 1. The fourth-order valence-electron chi connectivity index (χ4n) is 2.69. The van der Waals surface area contributed by atoms with Crippen LogP contribution in [0.3, 0.4) is 0 Å². The smallest absolute Gasteiger partial charge is 0.195 e. The number of H-pyrrole nitrogens is 1. The summed E-state index contributed by atoms with van der Waals surface area (Å²) in [5, 5.41) is 7.02. The van der Waals surface area contributed by atoms with E-state index in [1.165, 1.54) is 32.1 Å². The Balaban J connectivity index is 1.94. The summed E-state index contributed by atoms with van der Waals surface area (Å²) in [5.41, 5.74) is 0. The third-order valence-electron chi connectivity index (χ3n) is 3.93. The van der Waals surface area contributed by atoms with E-state index in [1.807, 2.05) is 6.92 Å². The molecule has 1 aliphatic rings. The number of hydrogen-bond donors (Lipinski definition) is 1. The fraction of sp³-hybridized carbons (Fsp3) is 0.833. The van der Waals surface area contributed by atoms with Gasteiger partial charge in [0.05, 0.1) is 0 Å². The second-order valence-electron chi connectivity index (χ2n) is 4.98. The first-order valence-electron chi connectivity index (χ1n) is 6.32. The van der Waals surface area contributed by atoms with Crippen molar-refractivity contribution < 1.29 is 0 Å². The molecule has 1 fully saturated rings. The molecule has 3 nitrogen and oxygen atoms in total. The minimum absolute atomic E-state index is 0.773. The van der Waals surface area contributed by atoms with Crippen LogP contribution in [0, 0.1) is 23.5 Å². The predicted molar refractivity (Wildman–Crippen MR) is 67.9 cm³/mol. The van der Waals surface area contributed by atoms with Gasteiger partial charge in [-0.05, 0) is 43.8 Å². The maximum absolute atomic E-state index is 5.23. The van der Waals surface area contributed by atoms with Crippen LogP contribution in [0.2, 0.25) is 0 Å². The van der Waals surface area contributed by atoms with Gasteiger partial charge in [0.15, 0.2) is 4.77 Å². The van der Waals surface area contributed by atoms with E-state index in [0.717, 1.165) is 29.0 Å². The van der Waals surface area contributed by atoms with Gasteiger partial charge in [-0.25, -0.2) is 0 Å². The molecule has 0 atom stereocenters. The van der Waals surface area contributed by atoms with E-state index in [-0.39, 0.29) is 0 Å². The van der Waals surface area contributed by atoms with Gasteiger partial charge in [-0.1, -0.05) is 26.2 Å². The maximum atomic E-state index is 5.23. The summed E-state index contributed by atoms with van der Waals surface area (Å²) < 4.78 is 2.92. The van der Waals surface area contributed by atoms with Crippen molar-refractivity contribution >= 4 is 12.2 Å². The minimum Gasteiger partial charge on any atom is -0.304 e. The Hall–Kier alpha value is -0.640. The summed E-state index contributed by atoms with van der Waals surface area (Å²) >= 11 is 5.23. The molecule has 1 heterocycles. The van der Waals surface area contributed by atoms with Gasteiger partial charge in [-0.15, -0.1) is 0 Å². The van der Waals surface area contributed by atoms with Gasteiger partial charge in [0, 0.05) is 6.54 Å². The van der Waals surface area contributed by atoms with Crippen molar-refractivity contribution in [2.75, 3.05) is 0 Å². The molecule has 0 spiro atoms. The quantitative estimate of drug-likeness (QED) is 0.819. The lowest BCUT2D eigenvalue weighted by atomic mass is 9.81. The van der Waals surface area contributed by atoms with Crippen LogP contribution in [0.25, 0.3) is 0 Å². The molecule has 1 aromatic rings. The third kappa shape index (κ3) is 2.54. The summed E-state index contributed by atoms with van der Waals surface area (Å²) in [5.74, 6) is 2.78. The number of rotatable bonds is 3. The van der Waals surface area contributed by atoms with E-state index in [9.17, 15) is 0 Å².